The summed E-state index contributed by atoms with van der Waals surface area (Å²) in [5.74, 6) is -0.351. The van der Waals surface area contributed by atoms with Gasteiger partial charge in [0.05, 0.1) is 0 Å². The fourth-order valence-corrected chi connectivity index (χ4v) is 2.21. The van der Waals surface area contributed by atoms with Gasteiger partial charge in [0, 0.05) is 0 Å². The lowest BCUT2D eigenvalue weighted by Gasteiger charge is -2.28. The van der Waals surface area contributed by atoms with E-state index in [4.69, 9.17) is 5.73 Å². The van der Waals surface area contributed by atoms with E-state index >= 15 is 0 Å². The average Bonchev–Trinajstić information content (AvgIpc) is 2.44. The molecule has 0 heterocycles. The molecule has 3 N–H and O–H groups in total. The maximum absolute atomic E-state index is 11.8. The second-order valence-electron chi connectivity index (χ2n) is 4.98. The van der Waals surface area contributed by atoms with Gasteiger partial charge in [0.2, 0.25) is 5.91 Å². The van der Waals surface area contributed by atoms with E-state index in [0.717, 1.165) is 29.3 Å². The predicted octanol–water partition coefficient (Wildman–Crippen LogP) is 2.54. The number of nitrogens with one attached hydrogen (secondary N) is 1. The van der Waals surface area contributed by atoms with Crippen LogP contribution >= 0.6 is 0 Å². The van der Waals surface area contributed by atoms with Crippen molar-refractivity contribution in [3.8, 4) is 0 Å². The van der Waals surface area contributed by atoms with Crippen LogP contribution in [0.1, 0.15) is 25.8 Å². The summed E-state index contributed by atoms with van der Waals surface area (Å²) >= 11 is 0. The van der Waals surface area contributed by atoms with E-state index in [-0.39, 0.29) is 5.91 Å². The van der Waals surface area contributed by atoms with Crippen LogP contribution in [-0.2, 0) is 10.3 Å². The molecule has 100 valence electrons. The number of fused-ring (bicyclic) bond motifs is 1. The molecule has 0 radical (unpaired) electrons. The van der Waals surface area contributed by atoms with Crippen LogP contribution in [0.15, 0.2) is 42.5 Å². The summed E-state index contributed by atoms with van der Waals surface area (Å²) in [6.45, 7) is 4.66. The normalized spacial score (nSPS) is 14.2. The monoisotopic (exact) mass is 256 g/mol. The van der Waals surface area contributed by atoms with Crippen molar-refractivity contribution in [3.63, 3.8) is 0 Å². The van der Waals surface area contributed by atoms with Gasteiger partial charge in [-0.3, -0.25) is 10.1 Å². The summed E-state index contributed by atoms with van der Waals surface area (Å²) in [6, 6.07) is 14.1. The van der Waals surface area contributed by atoms with Crippen molar-refractivity contribution in [1.82, 2.24) is 5.32 Å². The minimum absolute atomic E-state index is 0.351. The maximum Gasteiger partial charge on any atom is 0.242 e. The number of benzene rings is 2. The molecule has 0 aliphatic rings. The van der Waals surface area contributed by atoms with E-state index in [9.17, 15) is 4.79 Å². The zero-order valence-electron chi connectivity index (χ0n) is 11.4. The number of rotatable bonds is 5. The van der Waals surface area contributed by atoms with E-state index < -0.39 is 5.54 Å². The van der Waals surface area contributed by atoms with Crippen LogP contribution < -0.4 is 11.1 Å². The molecule has 2 aromatic rings. The third-order valence-electron chi connectivity index (χ3n) is 3.55. The van der Waals surface area contributed by atoms with E-state index in [1.807, 2.05) is 43.3 Å². The zero-order chi connectivity index (χ0) is 13.9. The summed E-state index contributed by atoms with van der Waals surface area (Å²) in [6.07, 6.45) is 0.955. The average molecular weight is 256 g/mol. The van der Waals surface area contributed by atoms with Crippen molar-refractivity contribution < 1.29 is 4.79 Å². The summed E-state index contributed by atoms with van der Waals surface area (Å²) in [5, 5.41) is 5.53. The van der Waals surface area contributed by atoms with Gasteiger partial charge < -0.3 is 5.73 Å². The summed E-state index contributed by atoms with van der Waals surface area (Å²) in [4.78, 5) is 11.8. The first-order chi connectivity index (χ1) is 9.08. The highest BCUT2D eigenvalue weighted by Crippen LogP contribution is 2.25. The van der Waals surface area contributed by atoms with Crippen LogP contribution in [0.2, 0.25) is 0 Å². The second-order valence-corrected chi connectivity index (χ2v) is 4.98. The summed E-state index contributed by atoms with van der Waals surface area (Å²) in [7, 11) is 0. The van der Waals surface area contributed by atoms with Crippen LogP contribution in [0, 0.1) is 0 Å². The molecule has 0 saturated carbocycles. The Hall–Kier alpha value is -1.87. The highest BCUT2D eigenvalue weighted by molar-refractivity contribution is 5.89. The molecule has 0 bridgehead atoms. The van der Waals surface area contributed by atoms with E-state index in [0.29, 0.717) is 0 Å². The van der Waals surface area contributed by atoms with Crippen molar-refractivity contribution in [2.75, 3.05) is 6.54 Å². The van der Waals surface area contributed by atoms with Gasteiger partial charge >= 0.3 is 0 Å². The lowest BCUT2D eigenvalue weighted by molar-refractivity contribution is -0.124. The van der Waals surface area contributed by atoms with Gasteiger partial charge in [-0.2, -0.15) is 0 Å². The molecule has 2 rings (SSSR count). The Morgan fingerprint density at radius 1 is 1.21 bits per heavy atom. The number of hydrogen-bond donors (Lipinski definition) is 2. The van der Waals surface area contributed by atoms with Gasteiger partial charge in [-0.25, -0.2) is 0 Å². The van der Waals surface area contributed by atoms with Gasteiger partial charge in [-0.05, 0) is 42.3 Å². The highest BCUT2D eigenvalue weighted by atomic mass is 16.1. The molecule has 1 amide bonds. The van der Waals surface area contributed by atoms with Crippen LogP contribution in [0.5, 0.6) is 0 Å². The number of amides is 1. The molecule has 19 heavy (non-hydrogen) atoms. The van der Waals surface area contributed by atoms with Crippen molar-refractivity contribution >= 4 is 16.7 Å². The van der Waals surface area contributed by atoms with E-state index in [2.05, 4.69) is 18.3 Å². The number of carbonyl (C=O) groups is 1. The highest BCUT2D eigenvalue weighted by Gasteiger charge is 2.32. The lowest BCUT2D eigenvalue weighted by atomic mass is 9.89. The Balaban J connectivity index is 2.47. The first-order valence-corrected chi connectivity index (χ1v) is 6.62. The van der Waals surface area contributed by atoms with Crippen molar-refractivity contribution in [1.29, 1.82) is 0 Å². The van der Waals surface area contributed by atoms with Crippen molar-refractivity contribution in [2.24, 2.45) is 5.73 Å². The molecule has 1 unspecified atom stereocenters. The van der Waals surface area contributed by atoms with Gasteiger partial charge in [0.25, 0.3) is 0 Å². The second kappa shape index (κ2) is 5.41. The van der Waals surface area contributed by atoms with E-state index in [1.165, 1.54) is 0 Å². The molecule has 0 fully saturated rings. The molecule has 0 spiro atoms. The first kappa shape index (κ1) is 13.6. The molecule has 0 aliphatic carbocycles. The molecule has 2 aromatic carbocycles. The van der Waals surface area contributed by atoms with Crippen LogP contribution in [0.3, 0.4) is 0 Å². The quantitative estimate of drug-likeness (QED) is 0.863. The molecule has 0 saturated heterocycles. The molecule has 0 aromatic heterocycles. The van der Waals surface area contributed by atoms with Crippen molar-refractivity contribution in [3.05, 3.63) is 48.0 Å². The maximum atomic E-state index is 11.8. The topological polar surface area (TPSA) is 55.1 Å². The number of nitrogens with two attached hydrogens (primary N) is 1. The standard InChI is InChI=1S/C16H20N2O/c1-3-10-18-16(2,15(17)19)14-9-8-12-6-4-5-7-13(12)11-14/h4-9,11,18H,3,10H2,1-2H3,(H2,17,19). The van der Waals surface area contributed by atoms with Gasteiger partial charge in [0.15, 0.2) is 0 Å². The van der Waals surface area contributed by atoms with E-state index in [1.54, 1.807) is 0 Å². The minimum Gasteiger partial charge on any atom is -0.368 e. The van der Waals surface area contributed by atoms with Gasteiger partial charge in [-0.1, -0.05) is 43.3 Å². The van der Waals surface area contributed by atoms with Crippen LogP contribution in [-0.4, -0.2) is 12.5 Å². The SMILES string of the molecule is CCCNC(C)(C(N)=O)c1ccc2ccccc2c1. The van der Waals surface area contributed by atoms with Crippen LogP contribution in [0.25, 0.3) is 10.8 Å². The molecule has 3 nitrogen and oxygen atoms in total. The summed E-state index contributed by atoms with van der Waals surface area (Å²) in [5.41, 5.74) is 5.68. The Morgan fingerprint density at radius 3 is 2.53 bits per heavy atom. The van der Waals surface area contributed by atoms with Crippen molar-refractivity contribution in [2.45, 2.75) is 25.8 Å². The number of carbonyl (C=O) groups excluding carboxylic acids is 1. The number of primary amides is 1. The summed E-state index contributed by atoms with van der Waals surface area (Å²) < 4.78 is 0. The predicted molar refractivity (Wildman–Crippen MR) is 78.8 cm³/mol. The molecular formula is C16H20N2O. The third-order valence-corrected chi connectivity index (χ3v) is 3.55. The number of hydrogen-bond acceptors (Lipinski definition) is 2. The largest absolute Gasteiger partial charge is 0.368 e. The minimum atomic E-state index is -0.819. The molecular weight excluding hydrogens is 236 g/mol. The third kappa shape index (κ3) is 2.61. The fraction of sp³-hybridized carbons (Fsp3) is 0.312. The van der Waals surface area contributed by atoms with Gasteiger partial charge in [-0.15, -0.1) is 0 Å². The fourth-order valence-electron chi connectivity index (χ4n) is 2.21. The van der Waals surface area contributed by atoms with Crippen LogP contribution in [0.4, 0.5) is 0 Å². The Labute approximate surface area is 113 Å². The Morgan fingerprint density at radius 2 is 1.89 bits per heavy atom. The van der Waals surface area contributed by atoms with Gasteiger partial charge in [0.1, 0.15) is 5.54 Å². The molecule has 1 atom stereocenters. The Kier molecular flexibility index (Phi) is 3.86. The lowest BCUT2D eigenvalue weighted by Crippen LogP contribution is -2.50. The Bertz CT molecular complexity index is 594. The first-order valence-electron chi connectivity index (χ1n) is 6.62. The zero-order valence-corrected chi connectivity index (χ0v) is 11.4. The molecule has 0 aliphatic heterocycles. The smallest absolute Gasteiger partial charge is 0.242 e. The molecule has 3 heteroatoms.